The largest absolute Gasteiger partial charge is 0.310 e. The van der Waals surface area contributed by atoms with Gasteiger partial charge in [-0.05, 0) is 134 Å². The van der Waals surface area contributed by atoms with E-state index in [-0.39, 0.29) is 5.41 Å². The lowest BCUT2D eigenvalue weighted by atomic mass is 9.82. The van der Waals surface area contributed by atoms with E-state index in [2.05, 4.69) is 242 Å². The second kappa shape index (κ2) is 13.9. The van der Waals surface area contributed by atoms with E-state index in [0.29, 0.717) is 0 Å². The molecule has 0 radical (unpaired) electrons. The molecule has 59 heavy (non-hydrogen) atoms. The molecule has 9 aromatic carbocycles. The topological polar surface area (TPSA) is 8.17 Å². The molecule has 0 spiro atoms. The third kappa shape index (κ3) is 5.87. The summed E-state index contributed by atoms with van der Waals surface area (Å²) in [6.45, 7) is 4.76. The van der Waals surface area contributed by atoms with Crippen molar-refractivity contribution in [3.05, 3.63) is 230 Å². The Morgan fingerprint density at radius 3 is 1.32 bits per heavy atom. The molecular formula is C57H42N2. The summed E-state index contributed by atoms with van der Waals surface area (Å²) in [5, 5.41) is 2.56. The summed E-state index contributed by atoms with van der Waals surface area (Å²) in [6, 6.07) is 79.8. The highest BCUT2D eigenvalue weighted by molar-refractivity contribution is 6.09. The van der Waals surface area contributed by atoms with Crippen molar-refractivity contribution in [2.45, 2.75) is 19.3 Å². The summed E-state index contributed by atoms with van der Waals surface area (Å²) < 4.78 is 2.43. The predicted octanol–water partition coefficient (Wildman–Crippen LogP) is 15.6. The van der Waals surface area contributed by atoms with Crippen LogP contribution < -0.4 is 4.90 Å². The molecule has 0 aliphatic heterocycles. The third-order valence-corrected chi connectivity index (χ3v) is 12.4. The van der Waals surface area contributed by atoms with Crippen LogP contribution in [0.5, 0.6) is 0 Å². The van der Waals surface area contributed by atoms with Crippen LogP contribution in [0.3, 0.4) is 0 Å². The highest BCUT2D eigenvalue weighted by Crippen LogP contribution is 2.51. The molecule has 2 heteroatoms. The van der Waals surface area contributed by atoms with Crippen LogP contribution in [-0.2, 0) is 5.41 Å². The lowest BCUT2D eigenvalue weighted by molar-refractivity contribution is 0.660. The van der Waals surface area contributed by atoms with Crippen LogP contribution in [0.15, 0.2) is 218 Å². The van der Waals surface area contributed by atoms with Crippen LogP contribution >= 0.6 is 0 Å². The normalized spacial score (nSPS) is 12.7. The molecule has 11 rings (SSSR count). The first-order valence-electron chi connectivity index (χ1n) is 20.5. The number of benzene rings is 9. The van der Waals surface area contributed by atoms with Gasteiger partial charge in [0.2, 0.25) is 0 Å². The lowest BCUT2D eigenvalue weighted by Crippen LogP contribution is -2.17. The number of anilines is 3. The van der Waals surface area contributed by atoms with Gasteiger partial charge in [0.05, 0.1) is 11.0 Å². The summed E-state index contributed by atoms with van der Waals surface area (Å²) in [4.78, 5) is 2.39. The summed E-state index contributed by atoms with van der Waals surface area (Å²) in [5.41, 5.74) is 19.4. The molecule has 0 fully saturated rings. The predicted molar refractivity (Wildman–Crippen MR) is 249 cm³/mol. The van der Waals surface area contributed by atoms with Gasteiger partial charge in [0.25, 0.3) is 0 Å². The van der Waals surface area contributed by atoms with E-state index in [1.165, 1.54) is 83.1 Å². The highest BCUT2D eigenvalue weighted by atomic mass is 15.1. The Kier molecular flexibility index (Phi) is 8.20. The monoisotopic (exact) mass is 754 g/mol. The van der Waals surface area contributed by atoms with E-state index in [4.69, 9.17) is 0 Å². The van der Waals surface area contributed by atoms with Crippen LogP contribution in [0.2, 0.25) is 0 Å². The molecule has 0 saturated carbocycles. The second-order valence-corrected chi connectivity index (χ2v) is 16.2. The zero-order valence-corrected chi connectivity index (χ0v) is 33.2. The van der Waals surface area contributed by atoms with Crippen molar-refractivity contribution in [1.82, 2.24) is 4.57 Å². The zero-order valence-electron chi connectivity index (χ0n) is 33.2. The lowest BCUT2D eigenvalue weighted by Gasteiger charge is -2.28. The van der Waals surface area contributed by atoms with Crippen molar-refractivity contribution in [3.8, 4) is 50.2 Å². The van der Waals surface area contributed by atoms with Gasteiger partial charge in [-0.1, -0.05) is 153 Å². The average molecular weight is 755 g/mol. The summed E-state index contributed by atoms with van der Waals surface area (Å²) in [7, 11) is 0. The SMILES string of the molecule is CC1(C)c2cc(N(c3ccccc3)c3ccc(-c4cc(-c5ccccc5)cc(-c5ccccc5)c4)cc3)ccc2-c2ccc(-n3c4ccccc4c4ccccc43)cc21. The van der Waals surface area contributed by atoms with Gasteiger partial charge in [0.1, 0.15) is 0 Å². The molecule has 0 amide bonds. The quantitative estimate of drug-likeness (QED) is 0.157. The summed E-state index contributed by atoms with van der Waals surface area (Å²) >= 11 is 0. The van der Waals surface area contributed by atoms with E-state index in [0.717, 1.165) is 17.1 Å². The van der Waals surface area contributed by atoms with Gasteiger partial charge in [-0.3, -0.25) is 0 Å². The van der Waals surface area contributed by atoms with E-state index in [9.17, 15) is 0 Å². The molecule has 2 nitrogen and oxygen atoms in total. The van der Waals surface area contributed by atoms with Crippen molar-refractivity contribution in [2.24, 2.45) is 0 Å². The van der Waals surface area contributed by atoms with Gasteiger partial charge in [-0.2, -0.15) is 0 Å². The van der Waals surface area contributed by atoms with Gasteiger partial charge in [0, 0.05) is 38.9 Å². The van der Waals surface area contributed by atoms with Crippen LogP contribution in [-0.4, -0.2) is 4.57 Å². The maximum Gasteiger partial charge on any atom is 0.0541 e. The Balaban J connectivity index is 0.984. The maximum atomic E-state index is 2.43. The second-order valence-electron chi connectivity index (χ2n) is 16.2. The number of fused-ring (bicyclic) bond motifs is 6. The first-order chi connectivity index (χ1) is 29.0. The smallest absolute Gasteiger partial charge is 0.0541 e. The van der Waals surface area contributed by atoms with E-state index in [1.807, 2.05) is 0 Å². The van der Waals surface area contributed by atoms with Crippen LogP contribution in [0.4, 0.5) is 17.1 Å². The van der Waals surface area contributed by atoms with Crippen molar-refractivity contribution in [3.63, 3.8) is 0 Å². The molecule has 0 saturated heterocycles. The molecule has 280 valence electrons. The van der Waals surface area contributed by atoms with Gasteiger partial charge >= 0.3 is 0 Å². The minimum Gasteiger partial charge on any atom is -0.310 e. The minimum absolute atomic E-state index is 0.206. The van der Waals surface area contributed by atoms with Gasteiger partial charge in [-0.15, -0.1) is 0 Å². The third-order valence-electron chi connectivity index (χ3n) is 12.4. The van der Waals surface area contributed by atoms with Gasteiger partial charge < -0.3 is 9.47 Å². The van der Waals surface area contributed by atoms with E-state index in [1.54, 1.807) is 0 Å². The van der Waals surface area contributed by atoms with Crippen molar-refractivity contribution in [1.29, 1.82) is 0 Å². The Labute approximate surface area is 345 Å². The molecule has 0 atom stereocenters. The number of rotatable bonds is 7. The molecule has 0 bridgehead atoms. The fraction of sp³-hybridized carbons (Fsp3) is 0.0526. The minimum atomic E-state index is -0.206. The van der Waals surface area contributed by atoms with Crippen molar-refractivity contribution >= 4 is 38.9 Å². The van der Waals surface area contributed by atoms with Crippen LogP contribution in [0, 0.1) is 0 Å². The average Bonchev–Trinajstić information content (AvgIpc) is 3.75. The Bertz CT molecular complexity index is 3050. The molecule has 10 aromatic rings. The summed E-state index contributed by atoms with van der Waals surface area (Å²) in [6.07, 6.45) is 0. The Morgan fingerprint density at radius 2 is 0.763 bits per heavy atom. The first kappa shape index (κ1) is 34.8. The molecule has 1 aliphatic carbocycles. The fourth-order valence-electron chi connectivity index (χ4n) is 9.41. The molecule has 0 unspecified atom stereocenters. The highest BCUT2D eigenvalue weighted by Gasteiger charge is 2.36. The molecule has 1 aromatic heterocycles. The fourth-order valence-corrected chi connectivity index (χ4v) is 9.41. The molecule has 1 aliphatic rings. The number of hydrogen-bond acceptors (Lipinski definition) is 1. The van der Waals surface area contributed by atoms with E-state index >= 15 is 0 Å². The van der Waals surface area contributed by atoms with Crippen LogP contribution in [0.1, 0.15) is 25.0 Å². The van der Waals surface area contributed by atoms with Crippen molar-refractivity contribution in [2.75, 3.05) is 4.90 Å². The van der Waals surface area contributed by atoms with Gasteiger partial charge in [0.15, 0.2) is 0 Å². The molecule has 1 heterocycles. The molecular weight excluding hydrogens is 713 g/mol. The van der Waals surface area contributed by atoms with E-state index < -0.39 is 0 Å². The number of aromatic nitrogens is 1. The number of para-hydroxylation sites is 3. The summed E-state index contributed by atoms with van der Waals surface area (Å²) in [5.74, 6) is 0. The molecule has 0 N–H and O–H groups in total. The van der Waals surface area contributed by atoms with Crippen LogP contribution in [0.25, 0.3) is 72.0 Å². The maximum absolute atomic E-state index is 2.43. The number of hydrogen-bond donors (Lipinski definition) is 0. The van der Waals surface area contributed by atoms with Gasteiger partial charge in [-0.25, -0.2) is 0 Å². The van der Waals surface area contributed by atoms with Crippen molar-refractivity contribution < 1.29 is 0 Å². The standard InChI is InChI=1S/C57H42N2/c1-57(2)53-37-47(30-32-49(53)50-33-31-48(38-54(50)57)59-55-24-14-12-22-51(55)52-23-13-15-25-56(52)59)58(45-20-10-5-11-21-45)46-28-26-41(27-29-46)44-35-42(39-16-6-3-7-17-39)34-43(36-44)40-18-8-4-9-19-40/h3-38H,1-2H3. The zero-order chi connectivity index (χ0) is 39.5. The Morgan fingerprint density at radius 1 is 0.339 bits per heavy atom. The number of nitrogens with zero attached hydrogens (tertiary/aromatic N) is 2. The first-order valence-corrected chi connectivity index (χ1v) is 20.5. The Hall–Kier alpha value is -7.42.